The lowest BCUT2D eigenvalue weighted by Gasteiger charge is -2.02. The fourth-order valence-electron chi connectivity index (χ4n) is 1.42. The van der Waals surface area contributed by atoms with Gasteiger partial charge in [-0.25, -0.2) is 4.98 Å². The Balaban J connectivity index is 2.12. The maximum absolute atomic E-state index is 10.7. The van der Waals surface area contributed by atoms with Crippen LogP contribution in [0.25, 0.3) is 0 Å². The van der Waals surface area contributed by atoms with Crippen LogP contribution in [-0.4, -0.2) is 9.91 Å². The molecule has 0 saturated heterocycles. The summed E-state index contributed by atoms with van der Waals surface area (Å²) < 4.78 is 0. The molecule has 0 radical (unpaired) electrons. The number of nitrogens with zero attached hydrogens (tertiary/aromatic N) is 2. The standard InChI is InChI=1S/C12H11N3O2S/c13-11-6-10(15(16)17)7-12(14-11)18-8-9-4-2-1-3-5-9/h1-7H,8H2,(H2,13,14). The Kier molecular flexibility index (Phi) is 3.78. The van der Waals surface area contributed by atoms with Crippen LogP contribution in [0.15, 0.2) is 47.5 Å². The number of thioether (sulfide) groups is 1. The molecule has 2 rings (SSSR count). The third-order valence-corrected chi connectivity index (χ3v) is 3.23. The lowest BCUT2D eigenvalue weighted by Crippen LogP contribution is -1.96. The number of aromatic nitrogens is 1. The van der Waals surface area contributed by atoms with Crippen LogP contribution < -0.4 is 5.73 Å². The van der Waals surface area contributed by atoms with Crippen molar-refractivity contribution < 1.29 is 4.92 Å². The third kappa shape index (κ3) is 3.21. The highest BCUT2D eigenvalue weighted by atomic mass is 32.2. The Morgan fingerprint density at radius 1 is 1.28 bits per heavy atom. The Hall–Kier alpha value is -2.08. The molecule has 0 aliphatic rings. The zero-order valence-corrected chi connectivity index (χ0v) is 10.3. The molecular weight excluding hydrogens is 250 g/mol. The third-order valence-electron chi connectivity index (χ3n) is 2.25. The molecule has 0 aliphatic heterocycles. The molecule has 2 aromatic rings. The van der Waals surface area contributed by atoms with Crippen molar-refractivity contribution in [3.63, 3.8) is 0 Å². The number of rotatable bonds is 4. The SMILES string of the molecule is Nc1cc([N+](=O)[O-])cc(SCc2ccccc2)n1. The second-order valence-electron chi connectivity index (χ2n) is 3.62. The van der Waals surface area contributed by atoms with Crippen molar-refractivity contribution in [3.8, 4) is 0 Å². The summed E-state index contributed by atoms with van der Waals surface area (Å²) in [4.78, 5) is 14.3. The van der Waals surface area contributed by atoms with Crippen molar-refractivity contribution in [3.05, 3.63) is 58.1 Å². The zero-order chi connectivity index (χ0) is 13.0. The average molecular weight is 261 g/mol. The highest BCUT2D eigenvalue weighted by Gasteiger charge is 2.10. The molecule has 0 fully saturated rings. The average Bonchev–Trinajstić information content (AvgIpc) is 2.37. The molecule has 18 heavy (non-hydrogen) atoms. The predicted molar refractivity (Wildman–Crippen MR) is 71.3 cm³/mol. The number of benzene rings is 1. The molecule has 92 valence electrons. The van der Waals surface area contributed by atoms with Crippen molar-refractivity contribution in [2.45, 2.75) is 10.8 Å². The summed E-state index contributed by atoms with van der Waals surface area (Å²) in [7, 11) is 0. The molecule has 0 atom stereocenters. The van der Waals surface area contributed by atoms with Crippen molar-refractivity contribution >= 4 is 23.3 Å². The van der Waals surface area contributed by atoms with Gasteiger partial charge in [-0.3, -0.25) is 10.1 Å². The van der Waals surface area contributed by atoms with Gasteiger partial charge in [-0.05, 0) is 5.56 Å². The van der Waals surface area contributed by atoms with Crippen LogP contribution in [0.5, 0.6) is 0 Å². The topological polar surface area (TPSA) is 82.0 Å². The summed E-state index contributed by atoms with van der Waals surface area (Å²) in [6.07, 6.45) is 0. The summed E-state index contributed by atoms with van der Waals surface area (Å²) in [5.41, 5.74) is 6.64. The fourth-order valence-corrected chi connectivity index (χ4v) is 2.30. The van der Waals surface area contributed by atoms with E-state index < -0.39 is 4.92 Å². The maximum Gasteiger partial charge on any atom is 0.275 e. The highest BCUT2D eigenvalue weighted by molar-refractivity contribution is 7.98. The van der Waals surface area contributed by atoms with Gasteiger partial charge in [-0.1, -0.05) is 30.3 Å². The monoisotopic (exact) mass is 261 g/mol. The van der Waals surface area contributed by atoms with E-state index in [9.17, 15) is 10.1 Å². The van der Waals surface area contributed by atoms with Gasteiger partial charge < -0.3 is 5.73 Å². The summed E-state index contributed by atoms with van der Waals surface area (Å²) >= 11 is 1.42. The number of hydrogen-bond donors (Lipinski definition) is 1. The van der Waals surface area contributed by atoms with E-state index in [1.165, 1.54) is 23.9 Å². The molecule has 5 nitrogen and oxygen atoms in total. The molecule has 2 N–H and O–H groups in total. The molecule has 0 amide bonds. The van der Waals surface area contributed by atoms with Gasteiger partial charge in [-0.15, -0.1) is 11.8 Å². The molecule has 0 bridgehead atoms. The van der Waals surface area contributed by atoms with E-state index in [1.54, 1.807) is 0 Å². The summed E-state index contributed by atoms with van der Waals surface area (Å²) in [6, 6.07) is 12.5. The quantitative estimate of drug-likeness (QED) is 0.520. The number of nitro groups is 1. The predicted octanol–water partition coefficient (Wildman–Crippen LogP) is 2.86. The molecule has 0 unspecified atom stereocenters. The van der Waals surface area contributed by atoms with Crippen LogP contribution in [0.1, 0.15) is 5.56 Å². The van der Waals surface area contributed by atoms with E-state index in [4.69, 9.17) is 5.73 Å². The first kappa shape index (κ1) is 12.4. The van der Waals surface area contributed by atoms with E-state index in [0.717, 1.165) is 5.56 Å². The Bertz CT molecular complexity index is 561. The first-order valence-electron chi connectivity index (χ1n) is 5.24. The van der Waals surface area contributed by atoms with Gasteiger partial charge in [0.05, 0.1) is 11.0 Å². The smallest absolute Gasteiger partial charge is 0.275 e. The van der Waals surface area contributed by atoms with E-state index >= 15 is 0 Å². The molecule has 0 aliphatic carbocycles. The van der Waals surface area contributed by atoms with Crippen LogP contribution in [0, 0.1) is 10.1 Å². The van der Waals surface area contributed by atoms with Crippen LogP contribution in [0.4, 0.5) is 11.5 Å². The Morgan fingerprint density at radius 3 is 2.67 bits per heavy atom. The summed E-state index contributed by atoms with van der Waals surface area (Å²) in [5.74, 6) is 0.869. The van der Waals surface area contributed by atoms with Crippen molar-refractivity contribution in [2.24, 2.45) is 0 Å². The lowest BCUT2D eigenvalue weighted by molar-refractivity contribution is -0.385. The molecule has 0 spiro atoms. The minimum Gasteiger partial charge on any atom is -0.383 e. The molecule has 1 heterocycles. The van der Waals surface area contributed by atoms with Gasteiger partial charge in [0.25, 0.3) is 5.69 Å². The van der Waals surface area contributed by atoms with Gasteiger partial charge in [0.15, 0.2) is 0 Å². The van der Waals surface area contributed by atoms with Gasteiger partial charge in [0, 0.05) is 11.8 Å². The van der Waals surface area contributed by atoms with Gasteiger partial charge in [0.2, 0.25) is 0 Å². The van der Waals surface area contributed by atoms with E-state index in [2.05, 4.69) is 4.98 Å². The lowest BCUT2D eigenvalue weighted by atomic mass is 10.2. The van der Waals surface area contributed by atoms with E-state index in [-0.39, 0.29) is 11.5 Å². The second-order valence-corrected chi connectivity index (χ2v) is 4.62. The number of hydrogen-bond acceptors (Lipinski definition) is 5. The van der Waals surface area contributed by atoms with Crippen LogP contribution in [0.2, 0.25) is 0 Å². The second kappa shape index (κ2) is 5.50. The minimum atomic E-state index is -0.468. The maximum atomic E-state index is 10.7. The van der Waals surface area contributed by atoms with Gasteiger partial charge >= 0.3 is 0 Å². The summed E-state index contributed by atoms with van der Waals surface area (Å²) in [6.45, 7) is 0. The normalized spacial score (nSPS) is 10.2. The Labute approximate surface area is 108 Å². The number of anilines is 1. The van der Waals surface area contributed by atoms with Crippen molar-refractivity contribution in [1.29, 1.82) is 0 Å². The largest absolute Gasteiger partial charge is 0.383 e. The van der Waals surface area contributed by atoms with E-state index in [1.807, 2.05) is 30.3 Å². The molecule has 6 heteroatoms. The molecule has 0 saturated carbocycles. The Morgan fingerprint density at radius 2 is 2.00 bits per heavy atom. The van der Waals surface area contributed by atoms with Gasteiger partial charge in [-0.2, -0.15) is 0 Å². The first-order chi connectivity index (χ1) is 8.65. The number of nitrogens with two attached hydrogens (primary N) is 1. The number of pyridine rings is 1. The van der Waals surface area contributed by atoms with Gasteiger partial charge in [0.1, 0.15) is 10.8 Å². The minimum absolute atomic E-state index is 0.0296. The zero-order valence-electron chi connectivity index (χ0n) is 9.45. The molecule has 1 aromatic heterocycles. The van der Waals surface area contributed by atoms with Crippen LogP contribution in [-0.2, 0) is 5.75 Å². The van der Waals surface area contributed by atoms with Crippen LogP contribution >= 0.6 is 11.8 Å². The van der Waals surface area contributed by atoms with Crippen LogP contribution in [0.3, 0.4) is 0 Å². The highest BCUT2D eigenvalue weighted by Crippen LogP contribution is 2.25. The van der Waals surface area contributed by atoms with Crippen molar-refractivity contribution in [1.82, 2.24) is 4.98 Å². The van der Waals surface area contributed by atoms with Crippen molar-refractivity contribution in [2.75, 3.05) is 5.73 Å². The summed E-state index contributed by atoms with van der Waals surface area (Å²) in [5, 5.41) is 11.3. The number of nitrogen functional groups attached to an aromatic ring is 1. The molecule has 1 aromatic carbocycles. The van der Waals surface area contributed by atoms with E-state index in [0.29, 0.717) is 10.8 Å². The molecular formula is C12H11N3O2S. The first-order valence-corrected chi connectivity index (χ1v) is 6.22. The fraction of sp³-hybridized carbons (Fsp3) is 0.0833.